The van der Waals surface area contributed by atoms with Crippen molar-refractivity contribution in [1.29, 1.82) is 0 Å². The molecular weight excluding hydrogens is 531 g/mol. The molecule has 0 saturated carbocycles. The number of rotatable bonds is 13. The predicted octanol–water partition coefficient (Wildman–Crippen LogP) is 4.75. The molecule has 0 aliphatic carbocycles. The van der Waals surface area contributed by atoms with Gasteiger partial charge in [-0.25, -0.2) is 0 Å². The van der Waals surface area contributed by atoms with E-state index in [0.29, 0.717) is 19.0 Å². The SMILES string of the molecule is C#CCOC[C@H](COc1ccc(C(C)(C)c2ccc(OC[C@@H](O)CCl)cc2)cc1)OI. The lowest BCUT2D eigenvalue weighted by Gasteiger charge is -2.26. The zero-order chi connectivity index (χ0) is 22.7. The highest BCUT2D eigenvalue weighted by molar-refractivity contribution is 14.1. The summed E-state index contributed by atoms with van der Waals surface area (Å²) in [5.74, 6) is 4.04. The maximum atomic E-state index is 9.52. The average Bonchev–Trinajstić information content (AvgIpc) is 2.80. The molecule has 0 bridgehead atoms. The number of hydrogen-bond acceptors (Lipinski definition) is 5. The van der Waals surface area contributed by atoms with Gasteiger partial charge < -0.3 is 22.4 Å². The molecule has 0 aliphatic heterocycles. The van der Waals surface area contributed by atoms with Gasteiger partial charge >= 0.3 is 0 Å². The van der Waals surface area contributed by atoms with Crippen molar-refractivity contribution >= 4 is 34.6 Å². The van der Waals surface area contributed by atoms with Crippen molar-refractivity contribution in [3.05, 3.63) is 59.7 Å². The second-order valence-electron chi connectivity index (χ2n) is 7.53. The Balaban J connectivity index is 1.96. The molecule has 0 saturated heterocycles. The molecule has 0 radical (unpaired) electrons. The van der Waals surface area contributed by atoms with E-state index in [1.165, 1.54) is 0 Å². The number of alkyl halides is 1. The zero-order valence-electron chi connectivity index (χ0n) is 17.7. The van der Waals surface area contributed by atoms with E-state index in [2.05, 4.69) is 31.9 Å². The summed E-state index contributed by atoms with van der Waals surface area (Å²) in [6.45, 7) is 5.51. The lowest BCUT2D eigenvalue weighted by Crippen LogP contribution is -2.24. The van der Waals surface area contributed by atoms with Gasteiger partial charge in [0, 0.05) is 5.41 Å². The molecule has 2 atom stereocenters. The molecule has 31 heavy (non-hydrogen) atoms. The quantitative estimate of drug-likeness (QED) is 0.166. The molecular formula is C24H28ClIO5. The summed E-state index contributed by atoms with van der Waals surface area (Å²) in [6, 6.07) is 15.9. The molecule has 5 nitrogen and oxygen atoms in total. The van der Waals surface area contributed by atoms with E-state index < -0.39 is 6.10 Å². The summed E-state index contributed by atoms with van der Waals surface area (Å²) in [4.78, 5) is 0. The van der Waals surface area contributed by atoms with Crippen LogP contribution in [-0.4, -0.2) is 49.6 Å². The first-order valence-electron chi connectivity index (χ1n) is 9.90. The van der Waals surface area contributed by atoms with Gasteiger partial charge in [0.05, 0.1) is 12.5 Å². The standard InChI is InChI=1S/C24H28ClIO5/c1-4-13-28-16-23(31-26)17-30-22-11-7-19(8-12-22)24(2,3)18-5-9-21(10-6-18)29-15-20(27)14-25/h1,5-12,20,23,27H,13-17H2,2-3H3/t20-,23+/m0/s1. The summed E-state index contributed by atoms with van der Waals surface area (Å²) in [6.07, 6.45) is 4.31. The molecule has 0 fully saturated rings. The molecule has 2 aromatic rings. The third kappa shape index (κ3) is 8.17. The van der Waals surface area contributed by atoms with Gasteiger partial charge in [-0.3, -0.25) is 0 Å². The van der Waals surface area contributed by atoms with Crippen LogP contribution in [0.3, 0.4) is 0 Å². The Bertz CT molecular complexity index is 817. The lowest BCUT2D eigenvalue weighted by molar-refractivity contribution is 0.0613. The molecule has 0 heterocycles. The van der Waals surface area contributed by atoms with E-state index in [0.717, 1.165) is 16.9 Å². The third-order valence-corrected chi connectivity index (χ3v) is 5.90. The number of ether oxygens (including phenoxy) is 3. The average molecular weight is 559 g/mol. The van der Waals surface area contributed by atoms with Crippen molar-refractivity contribution in [2.45, 2.75) is 31.5 Å². The third-order valence-electron chi connectivity index (χ3n) is 4.82. The lowest BCUT2D eigenvalue weighted by atomic mass is 9.78. The monoisotopic (exact) mass is 558 g/mol. The molecule has 0 aliphatic rings. The van der Waals surface area contributed by atoms with E-state index in [4.69, 9.17) is 35.3 Å². The Hall–Kier alpha value is -1.50. The van der Waals surface area contributed by atoms with Crippen LogP contribution in [0.1, 0.15) is 25.0 Å². The van der Waals surface area contributed by atoms with Gasteiger partial charge in [-0.2, -0.15) is 0 Å². The zero-order valence-corrected chi connectivity index (χ0v) is 20.6. The molecule has 0 amide bonds. The number of terminal acetylenes is 1. The van der Waals surface area contributed by atoms with Crippen molar-refractivity contribution in [2.75, 3.05) is 32.3 Å². The fraction of sp³-hybridized carbons (Fsp3) is 0.417. The van der Waals surface area contributed by atoms with Gasteiger partial charge in [0.2, 0.25) is 0 Å². The number of aliphatic hydroxyl groups is 1. The number of hydrogen-bond donors (Lipinski definition) is 1. The first-order chi connectivity index (χ1) is 14.9. The Morgan fingerprint density at radius 1 is 0.968 bits per heavy atom. The number of benzene rings is 2. The topological polar surface area (TPSA) is 57.2 Å². The van der Waals surface area contributed by atoms with E-state index in [1.807, 2.05) is 59.4 Å². The highest BCUT2D eigenvalue weighted by Gasteiger charge is 2.23. The number of aliphatic hydroxyl groups excluding tert-OH is 1. The molecule has 1 N–H and O–H groups in total. The largest absolute Gasteiger partial charge is 0.491 e. The summed E-state index contributed by atoms with van der Waals surface area (Å²) in [7, 11) is 0. The maximum Gasteiger partial charge on any atom is 0.127 e. The maximum absolute atomic E-state index is 9.52. The van der Waals surface area contributed by atoms with Crippen LogP contribution in [0.4, 0.5) is 0 Å². The van der Waals surface area contributed by atoms with Gasteiger partial charge in [-0.15, -0.1) is 18.0 Å². The second-order valence-corrected chi connectivity index (χ2v) is 8.35. The van der Waals surface area contributed by atoms with Crippen LogP contribution in [-0.2, 0) is 13.2 Å². The van der Waals surface area contributed by atoms with E-state index in [1.54, 1.807) is 0 Å². The minimum Gasteiger partial charge on any atom is -0.491 e. The van der Waals surface area contributed by atoms with Gasteiger partial charge in [0.15, 0.2) is 0 Å². The minimum atomic E-state index is -0.673. The van der Waals surface area contributed by atoms with Gasteiger partial charge in [0.25, 0.3) is 0 Å². The van der Waals surface area contributed by atoms with Crippen LogP contribution in [0, 0.1) is 12.3 Å². The first-order valence-corrected chi connectivity index (χ1v) is 11.3. The highest BCUT2D eigenvalue weighted by atomic mass is 127. The molecule has 0 unspecified atom stereocenters. The van der Waals surface area contributed by atoms with Crippen molar-refractivity contribution in [3.8, 4) is 23.8 Å². The highest BCUT2D eigenvalue weighted by Crippen LogP contribution is 2.33. The fourth-order valence-electron chi connectivity index (χ4n) is 2.88. The summed E-state index contributed by atoms with van der Waals surface area (Å²) in [5.41, 5.74) is 2.10. The normalized spacial score (nSPS) is 13.3. The van der Waals surface area contributed by atoms with E-state index in [-0.39, 0.29) is 30.6 Å². The van der Waals surface area contributed by atoms with Crippen LogP contribution >= 0.6 is 34.6 Å². The molecule has 2 rings (SSSR count). The first kappa shape index (κ1) is 25.8. The van der Waals surface area contributed by atoms with E-state index >= 15 is 0 Å². The fourth-order valence-corrected chi connectivity index (χ4v) is 3.26. The van der Waals surface area contributed by atoms with Crippen LogP contribution in [0.15, 0.2) is 48.5 Å². The smallest absolute Gasteiger partial charge is 0.127 e. The van der Waals surface area contributed by atoms with Crippen LogP contribution < -0.4 is 9.47 Å². The summed E-state index contributed by atoms with van der Waals surface area (Å²) in [5, 5.41) is 9.52. The summed E-state index contributed by atoms with van der Waals surface area (Å²) >= 11 is 7.43. The van der Waals surface area contributed by atoms with Crippen molar-refractivity contribution in [2.24, 2.45) is 0 Å². The van der Waals surface area contributed by atoms with Crippen molar-refractivity contribution in [3.63, 3.8) is 0 Å². The van der Waals surface area contributed by atoms with Crippen LogP contribution in [0.2, 0.25) is 0 Å². The van der Waals surface area contributed by atoms with Crippen molar-refractivity contribution < 1.29 is 22.4 Å². The Kier molecular flexibility index (Phi) is 10.9. The van der Waals surface area contributed by atoms with Gasteiger partial charge in [-0.05, 0) is 35.4 Å². The molecule has 7 heteroatoms. The second kappa shape index (κ2) is 13.1. The minimum absolute atomic E-state index is 0.149. The molecule has 168 valence electrons. The van der Waals surface area contributed by atoms with Gasteiger partial charge in [-0.1, -0.05) is 44.0 Å². The Morgan fingerprint density at radius 2 is 1.48 bits per heavy atom. The molecule has 0 spiro atoms. The summed E-state index contributed by atoms with van der Waals surface area (Å²) < 4.78 is 22.0. The van der Waals surface area contributed by atoms with Crippen molar-refractivity contribution in [1.82, 2.24) is 0 Å². The van der Waals surface area contributed by atoms with Crippen LogP contribution in [0.5, 0.6) is 11.5 Å². The molecule has 2 aromatic carbocycles. The number of halogens is 2. The van der Waals surface area contributed by atoms with Crippen LogP contribution in [0.25, 0.3) is 0 Å². The van der Waals surface area contributed by atoms with Gasteiger partial charge in [0.1, 0.15) is 66.5 Å². The molecule has 0 aromatic heterocycles. The predicted molar refractivity (Wildman–Crippen MR) is 131 cm³/mol. The Morgan fingerprint density at radius 3 is 1.94 bits per heavy atom. The van der Waals surface area contributed by atoms with E-state index in [9.17, 15) is 5.11 Å². The Labute approximate surface area is 203 Å².